The molecule has 1 aromatic heterocycles. The van der Waals surface area contributed by atoms with Gasteiger partial charge in [0.15, 0.2) is 5.13 Å². The van der Waals surface area contributed by atoms with Crippen molar-refractivity contribution in [2.45, 2.75) is 25.7 Å². The Balaban J connectivity index is 0.00000261. The van der Waals surface area contributed by atoms with Gasteiger partial charge in [0.05, 0.1) is 12.7 Å². The first-order chi connectivity index (χ1) is 12.6. The maximum Gasteiger partial charge on any atom is 0.337 e. The molecule has 0 radical (unpaired) electrons. The molecule has 1 saturated carbocycles. The Hall–Kier alpha value is -1.96. The Morgan fingerprint density at radius 1 is 1.37 bits per heavy atom. The van der Waals surface area contributed by atoms with Crippen LogP contribution in [0.25, 0.3) is 0 Å². The van der Waals surface area contributed by atoms with E-state index in [1.807, 2.05) is 18.2 Å². The van der Waals surface area contributed by atoms with E-state index in [2.05, 4.69) is 10.3 Å². The molecule has 146 valence electrons. The van der Waals surface area contributed by atoms with Crippen molar-refractivity contribution in [2.24, 2.45) is 17.6 Å². The lowest BCUT2D eigenvalue weighted by atomic mass is 9.95. The summed E-state index contributed by atoms with van der Waals surface area (Å²) in [5, 5.41) is 3.54. The average Bonchev–Trinajstić information content (AvgIpc) is 3.30. The molecule has 0 bridgehead atoms. The summed E-state index contributed by atoms with van der Waals surface area (Å²) in [7, 11) is 1.37. The minimum absolute atomic E-state index is 0. The van der Waals surface area contributed by atoms with Crippen LogP contribution in [0, 0.1) is 11.8 Å². The van der Waals surface area contributed by atoms with Crippen LogP contribution in [0.2, 0.25) is 0 Å². The number of halogens is 1. The third-order valence-electron chi connectivity index (χ3n) is 4.81. The highest BCUT2D eigenvalue weighted by atomic mass is 35.5. The second-order valence-corrected chi connectivity index (χ2v) is 7.64. The van der Waals surface area contributed by atoms with Crippen molar-refractivity contribution >= 4 is 40.8 Å². The summed E-state index contributed by atoms with van der Waals surface area (Å²) in [6.45, 7) is 0.553. The molecular formula is C19H24ClN3O3S. The lowest BCUT2D eigenvalue weighted by molar-refractivity contribution is -0.120. The maximum atomic E-state index is 12.5. The number of benzene rings is 1. The molecule has 3 N–H and O–H groups in total. The zero-order chi connectivity index (χ0) is 18.5. The fraction of sp³-hybridized carbons (Fsp3) is 0.421. The van der Waals surface area contributed by atoms with Crippen LogP contribution in [0.1, 0.15) is 40.1 Å². The van der Waals surface area contributed by atoms with Gasteiger partial charge in [-0.1, -0.05) is 18.6 Å². The number of hydrogen-bond acceptors (Lipinski definition) is 6. The van der Waals surface area contributed by atoms with E-state index in [1.165, 1.54) is 18.4 Å². The first kappa shape index (κ1) is 21.3. The van der Waals surface area contributed by atoms with Crippen LogP contribution in [-0.2, 0) is 16.0 Å². The van der Waals surface area contributed by atoms with E-state index in [1.54, 1.807) is 12.3 Å². The zero-order valence-electron chi connectivity index (χ0n) is 15.1. The second-order valence-electron chi connectivity index (χ2n) is 6.52. The SMILES string of the molecule is COC(=O)c1cccc(Cc2cnc(NC(=O)[C@@H]3CCC[C@@H]3CN)s2)c1.Cl. The number of hydrogen-bond donors (Lipinski definition) is 2. The van der Waals surface area contributed by atoms with Gasteiger partial charge in [0.1, 0.15) is 0 Å². The van der Waals surface area contributed by atoms with Crippen LogP contribution in [0.5, 0.6) is 0 Å². The quantitative estimate of drug-likeness (QED) is 0.714. The van der Waals surface area contributed by atoms with Gasteiger partial charge in [0.2, 0.25) is 5.91 Å². The van der Waals surface area contributed by atoms with Crippen molar-refractivity contribution in [3.05, 3.63) is 46.5 Å². The Morgan fingerprint density at radius 3 is 2.93 bits per heavy atom. The summed E-state index contributed by atoms with van der Waals surface area (Å²) in [6, 6.07) is 7.32. The van der Waals surface area contributed by atoms with E-state index in [0.29, 0.717) is 23.7 Å². The number of thiazole rings is 1. The molecule has 2 aromatic rings. The molecule has 0 unspecified atom stereocenters. The minimum atomic E-state index is -0.352. The minimum Gasteiger partial charge on any atom is -0.465 e. The predicted octanol–water partition coefficient (Wildman–Crippen LogP) is 3.26. The van der Waals surface area contributed by atoms with Crippen molar-refractivity contribution in [3.63, 3.8) is 0 Å². The van der Waals surface area contributed by atoms with Gasteiger partial charge in [-0.15, -0.1) is 23.7 Å². The number of rotatable bonds is 6. The highest BCUT2D eigenvalue weighted by Crippen LogP contribution is 2.32. The number of nitrogens with two attached hydrogens (primary N) is 1. The van der Waals surface area contributed by atoms with Gasteiger partial charge in [0, 0.05) is 23.4 Å². The number of amides is 1. The van der Waals surface area contributed by atoms with E-state index in [0.717, 1.165) is 29.7 Å². The van der Waals surface area contributed by atoms with Gasteiger partial charge in [-0.2, -0.15) is 0 Å². The molecule has 3 rings (SSSR count). The monoisotopic (exact) mass is 409 g/mol. The highest BCUT2D eigenvalue weighted by Gasteiger charge is 2.32. The number of nitrogens with zero attached hydrogens (tertiary/aromatic N) is 1. The lowest BCUT2D eigenvalue weighted by Gasteiger charge is -2.16. The normalized spacial score (nSPS) is 18.6. The van der Waals surface area contributed by atoms with Crippen molar-refractivity contribution in [3.8, 4) is 0 Å². The highest BCUT2D eigenvalue weighted by molar-refractivity contribution is 7.15. The van der Waals surface area contributed by atoms with E-state index in [4.69, 9.17) is 10.5 Å². The molecule has 8 heteroatoms. The molecule has 27 heavy (non-hydrogen) atoms. The van der Waals surface area contributed by atoms with Crippen molar-refractivity contribution < 1.29 is 14.3 Å². The standard InChI is InChI=1S/C19H23N3O3S.ClH/c1-25-18(24)13-5-2-4-12(8-13)9-15-11-21-19(26-15)22-17(23)16-7-3-6-14(16)10-20;/h2,4-5,8,11,14,16H,3,6-7,9-10,20H2,1H3,(H,21,22,23);1H/t14-,16-;/m1./s1. The predicted molar refractivity (Wildman–Crippen MR) is 108 cm³/mol. The third-order valence-corrected chi connectivity index (χ3v) is 5.72. The largest absolute Gasteiger partial charge is 0.465 e. The van der Waals surface area contributed by atoms with Gasteiger partial charge in [-0.05, 0) is 43.0 Å². The number of carbonyl (C=O) groups excluding carboxylic acids is 2. The molecule has 1 aliphatic rings. The van der Waals surface area contributed by atoms with Gasteiger partial charge >= 0.3 is 5.97 Å². The molecule has 0 spiro atoms. The van der Waals surface area contributed by atoms with E-state index >= 15 is 0 Å². The van der Waals surface area contributed by atoms with Gasteiger partial charge in [-0.3, -0.25) is 4.79 Å². The average molecular weight is 410 g/mol. The summed E-state index contributed by atoms with van der Waals surface area (Å²) >= 11 is 1.45. The summed E-state index contributed by atoms with van der Waals surface area (Å²) in [6.07, 6.45) is 5.38. The zero-order valence-corrected chi connectivity index (χ0v) is 16.8. The molecular weight excluding hydrogens is 386 g/mol. The molecule has 6 nitrogen and oxygen atoms in total. The van der Waals surface area contributed by atoms with E-state index in [9.17, 15) is 9.59 Å². The summed E-state index contributed by atoms with van der Waals surface area (Å²) in [4.78, 5) is 29.4. The Morgan fingerprint density at radius 2 is 2.19 bits per heavy atom. The first-order valence-electron chi connectivity index (χ1n) is 8.73. The number of ether oxygens (including phenoxy) is 1. The molecule has 0 saturated heterocycles. The van der Waals surface area contributed by atoms with Crippen molar-refractivity contribution in [1.82, 2.24) is 4.98 Å². The summed E-state index contributed by atoms with van der Waals surface area (Å²) in [5.74, 6) is -0.0683. The maximum absolute atomic E-state index is 12.5. The van der Waals surface area contributed by atoms with Crippen LogP contribution < -0.4 is 11.1 Å². The molecule has 1 amide bonds. The van der Waals surface area contributed by atoms with Crippen molar-refractivity contribution in [1.29, 1.82) is 0 Å². The summed E-state index contributed by atoms with van der Waals surface area (Å²) < 4.78 is 4.75. The number of aromatic nitrogens is 1. The third kappa shape index (κ3) is 5.28. The fourth-order valence-corrected chi connectivity index (χ4v) is 4.29. The number of anilines is 1. The Labute approximate surface area is 168 Å². The molecule has 1 aromatic carbocycles. The van der Waals surface area contributed by atoms with E-state index in [-0.39, 0.29) is 36.1 Å². The van der Waals surface area contributed by atoms with Crippen molar-refractivity contribution in [2.75, 3.05) is 19.0 Å². The second kappa shape index (κ2) is 9.82. The Bertz CT molecular complexity index is 796. The molecule has 1 heterocycles. The Kier molecular flexibility index (Phi) is 7.77. The molecule has 2 atom stereocenters. The van der Waals surface area contributed by atoms with Crippen LogP contribution >= 0.6 is 23.7 Å². The van der Waals surface area contributed by atoms with E-state index < -0.39 is 0 Å². The van der Waals surface area contributed by atoms with Gasteiger partial charge in [0.25, 0.3) is 0 Å². The van der Waals surface area contributed by atoms with Crippen LogP contribution in [0.15, 0.2) is 30.5 Å². The smallest absolute Gasteiger partial charge is 0.337 e. The number of carbonyl (C=O) groups is 2. The van der Waals surface area contributed by atoms with Crippen LogP contribution in [0.4, 0.5) is 5.13 Å². The van der Waals surface area contributed by atoms with Gasteiger partial charge < -0.3 is 15.8 Å². The molecule has 1 aliphatic carbocycles. The molecule has 1 fully saturated rings. The van der Waals surface area contributed by atoms with Gasteiger partial charge in [-0.25, -0.2) is 9.78 Å². The first-order valence-corrected chi connectivity index (χ1v) is 9.55. The fourth-order valence-electron chi connectivity index (χ4n) is 3.44. The van der Waals surface area contributed by atoms with Crippen LogP contribution in [-0.4, -0.2) is 30.5 Å². The topological polar surface area (TPSA) is 94.3 Å². The van der Waals surface area contributed by atoms with Crippen LogP contribution in [0.3, 0.4) is 0 Å². The molecule has 0 aliphatic heterocycles. The summed E-state index contributed by atoms with van der Waals surface area (Å²) in [5.41, 5.74) is 7.28. The number of nitrogens with one attached hydrogen (secondary N) is 1. The number of esters is 1. The number of methoxy groups -OCH3 is 1. The lowest BCUT2D eigenvalue weighted by Crippen LogP contribution is -2.29.